The van der Waals surface area contributed by atoms with Crippen molar-refractivity contribution in [2.45, 2.75) is 6.54 Å². The molecule has 8 heteroatoms. The molecule has 0 aliphatic rings. The van der Waals surface area contributed by atoms with Gasteiger partial charge in [-0.25, -0.2) is 4.79 Å². The summed E-state index contributed by atoms with van der Waals surface area (Å²) in [4.78, 5) is 22.8. The summed E-state index contributed by atoms with van der Waals surface area (Å²) in [5, 5.41) is 11.5. The Bertz CT molecular complexity index is 751. The molecule has 0 spiro atoms. The van der Waals surface area contributed by atoms with Gasteiger partial charge in [-0.2, -0.15) is 0 Å². The van der Waals surface area contributed by atoms with Gasteiger partial charge in [-0.1, -0.05) is 0 Å². The first-order valence-corrected chi connectivity index (χ1v) is 6.89. The summed E-state index contributed by atoms with van der Waals surface area (Å²) < 4.78 is 20.7. The highest BCUT2D eigenvalue weighted by molar-refractivity contribution is 5.95. The van der Waals surface area contributed by atoms with E-state index in [0.29, 0.717) is 22.8 Å². The van der Waals surface area contributed by atoms with Crippen molar-refractivity contribution >= 4 is 11.9 Å². The van der Waals surface area contributed by atoms with E-state index >= 15 is 0 Å². The van der Waals surface area contributed by atoms with Crippen LogP contribution in [-0.2, 0) is 6.54 Å². The van der Waals surface area contributed by atoms with Crippen molar-refractivity contribution in [3.8, 4) is 17.2 Å². The SMILES string of the molecule is COc1ccc(CNC(=O)c2cc(C(=O)O)co2)c(OC)c1OC. The lowest BCUT2D eigenvalue weighted by Gasteiger charge is -2.15. The summed E-state index contributed by atoms with van der Waals surface area (Å²) in [6.45, 7) is 0.130. The highest BCUT2D eigenvalue weighted by Crippen LogP contribution is 2.39. The van der Waals surface area contributed by atoms with Crippen LogP contribution in [-0.4, -0.2) is 38.3 Å². The Labute approximate surface area is 137 Å². The van der Waals surface area contributed by atoms with E-state index in [1.165, 1.54) is 21.3 Å². The van der Waals surface area contributed by atoms with Crippen LogP contribution in [0.3, 0.4) is 0 Å². The van der Waals surface area contributed by atoms with Crippen LogP contribution in [0.2, 0.25) is 0 Å². The number of amides is 1. The third-order valence-electron chi connectivity index (χ3n) is 3.30. The van der Waals surface area contributed by atoms with E-state index in [1.54, 1.807) is 12.1 Å². The Balaban J connectivity index is 2.16. The van der Waals surface area contributed by atoms with E-state index in [2.05, 4.69) is 5.32 Å². The van der Waals surface area contributed by atoms with Crippen LogP contribution in [0, 0.1) is 0 Å². The van der Waals surface area contributed by atoms with Crippen molar-refractivity contribution in [2.24, 2.45) is 0 Å². The molecule has 2 N–H and O–H groups in total. The molecule has 0 unspecified atom stereocenters. The van der Waals surface area contributed by atoms with E-state index in [1.807, 2.05) is 0 Å². The van der Waals surface area contributed by atoms with Crippen molar-refractivity contribution < 1.29 is 33.3 Å². The molecule has 0 fully saturated rings. The summed E-state index contributed by atoms with van der Waals surface area (Å²) in [5.74, 6) is -0.451. The Morgan fingerprint density at radius 2 is 1.83 bits per heavy atom. The maximum absolute atomic E-state index is 12.0. The lowest BCUT2D eigenvalue weighted by atomic mass is 10.1. The third-order valence-corrected chi connectivity index (χ3v) is 3.30. The minimum atomic E-state index is -1.17. The number of ether oxygens (including phenoxy) is 3. The van der Waals surface area contributed by atoms with Crippen molar-refractivity contribution in [1.82, 2.24) is 5.32 Å². The number of hydrogen-bond donors (Lipinski definition) is 2. The molecule has 2 aromatic rings. The zero-order valence-corrected chi connectivity index (χ0v) is 13.4. The van der Waals surface area contributed by atoms with Gasteiger partial charge in [0.25, 0.3) is 5.91 Å². The van der Waals surface area contributed by atoms with Gasteiger partial charge in [-0.05, 0) is 12.1 Å². The molecule has 1 amide bonds. The highest BCUT2D eigenvalue weighted by atomic mass is 16.5. The molecular formula is C16H17NO7. The number of carbonyl (C=O) groups excluding carboxylic acids is 1. The zero-order valence-electron chi connectivity index (χ0n) is 13.4. The fourth-order valence-electron chi connectivity index (χ4n) is 2.13. The predicted molar refractivity (Wildman–Crippen MR) is 82.9 cm³/mol. The second-order valence-corrected chi connectivity index (χ2v) is 4.68. The molecule has 0 saturated heterocycles. The number of rotatable bonds is 7. The minimum Gasteiger partial charge on any atom is -0.493 e. The first-order chi connectivity index (χ1) is 11.5. The average Bonchev–Trinajstić information content (AvgIpc) is 3.09. The molecule has 0 atom stereocenters. The molecule has 128 valence electrons. The van der Waals surface area contributed by atoms with Crippen molar-refractivity contribution in [3.63, 3.8) is 0 Å². The fraction of sp³-hybridized carbons (Fsp3) is 0.250. The number of carboxylic acids is 1. The quantitative estimate of drug-likeness (QED) is 0.796. The Morgan fingerprint density at radius 1 is 1.12 bits per heavy atom. The standard InChI is InChI=1S/C16H17NO7/c1-21-11-5-4-9(13(22-2)14(11)23-3)7-17-15(18)12-6-10(8-24-12)16(19)20/h4-6,8H,7H2,1-3H3,(H,17,18)(H,19,20). The van der Waals surface area contributed by atoms with Gasteiger partial charge >= 0.3 is 5.97 Å². The van der Waals surface area contributed by atoms with Crippen LogP contribution >= 0.6 is 0 Å². The normalized spacial score (nSPS) is 10.1. The van der Waals surface area contributed by atoms with E-state index in [-0.39, 0.29) is 17.9 Å². The number of aromatic carboxylic acids is 1. The van der Waals surface area contributed by atoms with Crippen LogP contribution in [0.4, 0.5) is 0 Å². The summed E-state index contributed by atoms with van der Waals surface area (Å²) >= 11 is 0. The number of nitrogens with one attached hydrogen (secondary N) is 1. The van der Waals surface area contributed by atoms with Crippen LogP contribution < -0.4 is 19.5 Å². The van der Waals surface area contributed by atoms with Crippen molar-refractivity contribution in [1.29, 1.82) is 0 Å². The van der Waals surface area contributed by atoms with E-state index in [0.717, 1.165) is 12.3 Å². The lowest BCUT2D eigenvalue weighted by molar-refractivity contribution is 0.0695. The smallest absolute Gasteiger partial charge is 0.338 e. The molecule has 8 nitrogen and oxygen atoms in total. The monoisotopic (exact) mass is 335 g/mol. The maximum Gasteiger partial charge on any atom is 0.338 e. The summed E-state index contributed by atoms with van der Waals surface area (Å²) in [6.07, 6.45) is 1.01. The van der Waals surface area contributed by atoms with E-state index in [4.69, 9.17) is 23.7 Å². The van der Waals surface area contributed by atoms with Crippen LogP contribution in [0.25, 0.3) is 0 Å². The number of hydrogen-bond acceptors (Lipinski definition) is 6. The molecule has 0 saturated carbocycles. The maximum atomic E-state index is 12.0. The molecule has 1 aromatic carbocycles. The number of benzene rings is 1. The lowest BCUT2D eigenvalue weighted by Crippen LogP contribution is -2.22. The average molecular weight is 335 g/mol. The molecular weight excluding hydrogens is 318 g/mol. The molecule has 0 bridgehead atoms. The van der Waals surface area contributed by atoms with Crippen molar-refractivity contribution in [3.05, 3.63) is 41.3 Å². The van der Waals surface area contributed by atoms with Gasteiger partial charge in [0.05, 0.1) is 26.9 Å². The van der Waals surface area contributed by atoms with Crippen LogP contribution in [0.1, 0.15) is 26.5 Å². The van der Waals surface area contributed by atoms with Crippen LogP contribution in [0.5, 0.6) is 17.2 Å². The van der Waals surface area contributed by atoms with Crippen LogP contribution in [0.15, 0.2) is 28.9 Å². The molecule has 0 aliphatic heterocycles. The van der Waals surface area contributed by atoms with E-state index in [9.17, 15) is 9.59 Å². The summed E-state index contributed by atoms with van der Waals surface area (Å²) in [7, 11) is 4.48. The molecule has 0 aliphatic carbocycles. The van der Waals surface area contributed by atoms with Gasteiger partial charge in [0.2, 0.25) is 5.75 Å². The second kappa shape index (κ2) is 7.40. The first kappa shape index (κ1) is 17.2. The largest absolute Gasteiger partial charge is 0.493 e. The highest BCUT2D eigenvalue weighted by Gasteiger charge is 2.18. The zero-order chi connectivity index (χ0) is 17.7. The Hall–Kier alpha value is -3.16. The minimum absolute atomic E-state index is 0.0909. The number of methoxy groups -OCH3 is 3. The van der Waals surface area contributed by atoms with Gasteiger partial charge in [-0.15, -0.1) is 0 Å². The van der Waals surface area contributed by atoms with E-state index < -0.39 is 11.9 Å². The molecule has 24 heavy (non-hydrogen) atoms. The number of furan rings is 1. The van der Waals surface area contributed by atoms with Gasteiger partial charge in [0.15, 0.2) is 17.3 Å². The second-order valence-electron chi connectivity index (χ2n) is 4.68. The first-order valence-electron chi connectivity index (χ1n) is 6.89. The summed E-state index contributed by atoms with van der Waals surface area (Å²) in [6, 6.07) is 4.58. The third kappa shape index (κ3) is 3.43. The fourth-order valence-corrected chi connectivity index (χ4v) is 2.13. The number of carbonyl (C=O) groups is 2. The molecule has 1 heterocycles. The Kier molecular flexibility index (Phi) is 5.31. The topological polar surface area (TPSA) is 107 Å². The predicted octanol–water partition coefficient (Wildman–Crippen LogP) is 1.93. The molecule has 2 rings (SSSR count). The van der Waals surface area contributed by atoms with Gasteiger partial charge in [-0.3, -0.25) is 4.79 Å². The van der Waals surface area contributed by atoms with Crippen molar-refractivity contribution in [2.75, 3.05) is 21.3 Å². The van der Waals surface area contributed by atoms with Gasteiger partial charge in [0.1, 0.15) is 6.26 Å². The van der Waals surface area contributed by atoms with Gasteiger partial charge in [0, 0.05) is 18.2 Å². The molecule has 1 aromatic heterocycles. The Morgan fingerprint density at radius 3 is 2.38 bits per heavy atom. The number of carboxylic acid groups (broad SMARTS) is 1. The summed E-state index contributed by atoms with van der Waals surface area (Å²) in [5.41, 5.74) is 0.567. The van der Waals surface area contributed by atoms with Gasteiger partial charge < -0.3 is 29.1 Å². The molecule has 0 radical (unpaired) electrons.